The number of nitrogen functional groups attached to an aromatic ring is 1. The molecule has 0 saturated carbocycles. The molecule has 0 aliphatic heterocycles. The van der Waals surface area contributed by atoms with Crippen LogP contribution in [0.3, 0.4) is 0 Å². The van der Waals surface area contributed by atoms with Gasteiger partial charge < -0.3 is 25.4 Å². The minimum atomic E-state index is -1.05. The van der Waals surface area contributed by atoms with Crippen LogP contribution in [0.2, 0.25) is 0 Å². The van der Waals surface area contributed by atoms with Crippen LogP contribution in [0.5, 0.6) is 17.2 Å². The molecule has 4 rings (SSSR count). The molecule has 38 heavy (non-hydrogen) atoms. The first-order chi connectivity index (χ1) is 18.3. The second kappa shape index (κ2) is 11.4. The number of carboxylic acid groups (broad SMARTS) is 1. The van der Waals surface area contributed by atoms with Gasteiger partial charge in [0.05, 0.1) is 24.5 Å². The van der Waals surface area contributed by atoms with E-state index in [4.69, 9.17) is 15.2 Å². The van der Waals surface area contributed by atoms with Gasteiger partial charge >= 0.3 is 5.97 Å². The summed E-state index contributed by atoms with van der Waals surface area (Å²) >= 11 is 0. The normalized spacial score (nSPS) is 11.4. The summed E-state index contributed by atoms with van der Waals surface area (Å²) in [7, 11) is 0. The third-order valence-electron chi connectivity index (χ3n) is 5.57. The average Bonchev–Trinajstić information content (AvgIpc) is 2.89. The minimum Gasteiger partial charge on any atom is -0.505 e. The van der Waals surface area contributed by atoms with E-state index >= 15 is 0 Å². The third-order valence-corrected chi connectivity index (χ3v) is 5.57. The monoisotopic (exact) mass is 513 g/mol. The van der Waals surface area contributed by atoms with Crippen molar-refractivity contribution in [1.29, 1.82) is 0 Å². The van der Waals surface area contributed by atoms with Gasteiger partial charge in [-0.1, -0.05) is 12.1 Å². The maximum atomic E-state index is 11.3. The van der Waals surface area contributed by atoms with Crippen molar-refractivity contribution >= 4 is 45.2 Å². The molecule has 4 aromatic carbocycles. The summed E-state index contributed by atoms with van der Waals surface area (Å²) in [6.45, 7) is 6.21. The Balaban J connectivity index is 1.75. The van der Waals surface area contributed by atoms with Crippen molar-refractivity contribution in [3.63, 3.8) is 0 Å². The molecule has 0 bridgehead atoms. The lowest BCUT2D eigenvalue weighted by atomic mass is 10.0. The zero-order valence-electron chi connectivity index (χ0n) is 21.2. The highest BCUT2D eigenvalue weighted by Gasteiger charge is 2.15. The highest BCUT2D eigenvalue weighted by atomic mass is 16.5. The van der Waals surface area contributed by atoms with Gasteiger partial charge in [0.15, 0.2) is 5.75 Å². The zero-order chi connectivity index (χ0) is 27.2. The molecule has 0 amide bonds. The number of carbonyl (C=O) groups is 1. The molecular formula is C28H27N5O5. The molecule has 0 spiro atoms. The van der Waals surface area contributed by atoms with E-state index in [0.29, 0.717) is 58.5 Å². The Labute approximate surface area is 219 Å². The molecule has 0 unspecified atom stereocenters. The number of nitrogens with zero attached hydrogens (tertiary/aromatic N) is 4. The van der Waals surface area contributed by atoms with Crippen molar-refractivity contribution in [3.8, 4) is 17.2 Å². The lowest BCUT2D eigenvalue weighted by molar-refractivity contribution is 0.0697. The largest absolute Gasteiger partial charge is 0.505 e. The first-order valence-corrected chi connectivity index (χ1v) is 11.9. The minimum absolute atomic E-state index is 0.0203. The lowest BCUT2D eigenvalue weighted by Crippen LogP contribution is -1.95. The van der Waals surface area contributed by atoms with Crippen molar-refractivity contribution < 1.29 is 24.5 Å². The molecule has 10 nitrogen and oxygen atoms in total. The van der Waals surface area contributed by atoms with Gasteiger partial charge in [0.1, 0.15) is 28.6 Å². The summed E-state index contributed by atoms with van der Waals surface area (Å²) in [6, 6.07) is 16.6. The average molecular weight is 514 g/mol. The van der Waals surface area contributed by atoms with Crippen LogP contribution in [0.4, 0.5) is 28.4 Å². The van der Waals surface area contributed by atoms with Gasteiger partial charge in [-0.25, -0.2) is 4.79 Å². The van der Waals surface area contributed by atoms with Crippen LogP contribution in [-0.4, -0.2) is 29.4 Å². The van der Waals surface area contributed by atoms with E-state index in [1.807, 2.05) is 32.9 Å². The first-order valence-electron chi connectivity index (χ1n) is 11.9. The Bertz CT molecular complexity index is 1570. The molecule has 0 saturated heterocycles. The quantitative estimate of drug-likeness (QED) is 0.154. The molecule has 194 valence electrons. The number of fused-ring (bicyclic) bond motifs is 1. The number of phenols is 1. The number of carboxylic acids is 1. The van der Waals surface area contributed by atoms with Gasteiger partial charge in [-0.05, 0) is 68.1 Å². The van der Waals surface area contributed by atoms with Crippen LogP contribution in [-0.2, 0) is 0 Å². The second-order valence-electron chi connectivity index (χ2n) is 8.28. The van der Waals surface area contributed by atoms with Crippen LogP contribution < -0.4 is 15.2 Å². The molecule has 0 aromatic heterocycles. The predicted molar refractivity (Wildman–Crippen MR) is 145 cm³/mol. The van der Waals surface area contributed by atoms with Crippen LogP contribution in [0.25, 0.3) is 10.8 Å². The molecule has 4 N–H and O–H groups in total. The van der Waals surface area contributed by atoms with Gasteiger partial charge in [-0.3, -0.25) is 0 Å². The van der Waals surface area contributed by atoms with Crippen molar-refractivity contribution in [2.75, 3.05) is 18.9 Å². The van der Waals surface area contributed by atoms with Crippen molar-refractivity contribution in [1.82, 2.24) is 0 Å². The van der Waals surface area contributed by atoms with E-state index in [-0.39, 0.29) is 11.3 Å². The number of azo groups is 2. The highest BCUT2D eigenvalue weighted by Crippen LogP contribution is 2.43. The van der Waals surface area contributed by atoms with E-state index in [2.05, 4.69) is 20.5 Å². The van der Waals surface area contributed by atoms with E-state index in [1.54, 1.807) is 36.4 Å². The van der Waals surface area contributed by atoms with Gasteiger partial charge in [0.25, 0.3) is 0 Å². The highest BCUT2D eigenvalue weighted by molar-refractivity contribution is 5.95. The maximum Gasteiger partial charge on any atom is 0.335 e. The van der Waals surface area contributed by atoms with Gasteiger partial charge in [-0.2, -0.15) is 5.11 Å². The molecule has 0 radical (unpaired) electrons. The van der Waals surface area contributed by atoms with Crippen molar-refractivity contribution in [2.45, 2.75) is 20.8 Å². The number of nitrogens with two attached hydrogens (primary N) is 1. The summed E-state index contributed by atoms with van der Waals surface area (Å²) in [5, 5.41) is 38.7. The number of hydrogen-bond donors (Lipinski definition) is 3. The topological polar surface area (TPSA) is 151 Å². The Morgan fingerprint density at radius 1 is 0.868 bits per heavy atom. The third kappa shape index (κ3) is 5.70. The standard InChI is InChI=1S/C28H27N5O5/c1-4-37-24-15-23(32-33-26-16(3)11-17-9-10-19(29)13-21(17)27(26)34)25(38-5-2)14-22(24)31-30-20-8-6-7-18(12-20)28(35)36/h6-15,34H,4-5,29H2,1-3H3,(H,35,36). The van der Waals surface area contributed by atoms with Gasteiger partial charge in [-0.15, -0.1) is 15.3 Å². The van der Waals surface area contributed by atoms with Crippen LogP contribution in [0, 0.1) is 6.92 Å². The van der Waals surface area contributed by atoms with Crippen LogP contribution in [0.1, 0.15) is 29.8 Å². The Kier molecular flexibility index (Phi) is 7.81. The van der Waals surface area contributed by atoms with E-state index < -0.39 is 5.97 Å². The van der Waals surface area contributed by atoms with E-state index in [0.717, 1.165) is 10.9 Å². The molecule has 0 aliphatic rings. The Morgan fingerprint density at radius 3 is 2.16 bits per heavy atom. The fraction of sp³-hybridized carbons (Fsp3) is 0.179. The smallest absolute Gasteiger partial charge is 0.335 e. The molecular weight excluding hydrogens is 486 g/mol. The van der Waals surface area contributed by atoms with Crippen LogP contribution in [0.15, 0.2) is 81.1 Å². The molecule has 0 atom stereocenters. The number of hydrogen-bond acceptors (Lipinski definition) is 9. The number of phenolic OH excluding ortho intramolecular Hbond substituents is 1. The number of ether oxygens (including phenoxy) is 2. The number of benzene rings is 4. The summed E-state index contributed by atoms with van der Waals surface area (Å²) < 4.78 is 11.5. The number of rotatable bonds is 9. The Morgan fingerprint density at radius 2 is 1.53 bits per heavy atom. The molecule has 0 heterocycles. The van der Waals surface area contributed by atoms with Crippen LogP contribution >= 0.6 is 0 Å². The SMILES string of the molecule is CCOc1cc(N=Nc2c(C)cc3ccc(N)cc3c2O)c(OCC)cc1N=Nc1cccc(C(=O)O)c1. The summed E-state index contributed by atoms with van der Waals surface area (Å²) in [5.41, 5.74) is 8.69. The van der Waals surface area contributed by atoms with Gasteiger partial charge in [0, 0.05) is 23.2 Å². The Hall–Kier alpha value is -4.99. The number of aromatic hydroxyl groups is 1. The number of aryl methyl sites for hydroxylation is 1. The number of aromatic carboxylic acids is 1. The first kappa shape index (κ1) is 26.1. The lowest BCUT2D eigenvalue weighted by Gasteiger charge is -2.12. The number of anilines is 1. The zero-order valence-corrected chi connectivity index (χ0v) is 21.2. The molecule has 10 heteroatoms. The fourth-order valence-corrected chi connectivity index (χ4v) is 3.80. The predicted octanol–water partition coefficient (Wildman–Crippen LogP) is 7.76. The molecule has 0 fully saturated rings. The summed E-state index contributed by atoms with van der Waals surface area (Å²) in [6.07, 6.45) is 0. The molecule has 4 aromatic rings. The second-order valence-corrected chi connectivity index (χ2v) is 8.28. The maximum absolute atomic E-state index is 11.3. The summed E-state index contributed by atoms with van der Waals surface area (Å²) in [5.74, 6) is -0.306. The molecule has 0 aliphatic carbocycles. The summed E-state index contributed by atoms with van der Waals surface area (Å²) in [4.78, 5) is 11.3. The van der Waals surface area contributed by atoms with E-state index in [9.17, 15) is 15.0 Å². The van der Waals surface area contributed by atoms with Crippen molar-refractivity contribution in [3.05, 3.63) is 71.8 Å². The fourth-order valence-electron chi connectivity index (χ4n) is 3.80. The van der Waals surface area contributed by atoms with Crippen molar-refractivity contribution in [2.24, 2.45) is 20.5 Å². The van der Waals surface area contributed by atoms with Gasteiger partial charge in [0.2, 0.25) is 0 Å². The van der Waals surface area contributed by atoms with E-state index in [1.165, 1.54) is 12.1 Å².